The Balaban J connectivity index is 1.94. The van der Waals surface area contributed by atoms with Crippen molar-refractivity contribution < 1.29 is 13.2 Å². The van der Waals surface area contributed by atoms with Gasteiger partial charge in [-0.2, -0.15) is 13.2 Å². The highest BCUT2D eigenvalue weighted by molar-refractivity contribution is 5.33. The number of nitrogens with zero attached hydrogens (tertiary/aromatic N) is 3. The number of nitrogens with one attached hydrogen (secondary N) is 1. The third-order valence-corrected chi connectivity index (χ3v) is 3.46. The zero-order valence-electron chi connectivity index (χ0n) is 11.2. The van der Waals surface area contributed by atoms with Crippen molar-refractivity contribution in [3.05, 3.63) is 17.6 Å². The molecule has 1 fully saturated rings. The van der Waals surface area contributed by atoms with Crippen molar-refractivity contribution in [2.24, 2.45) is 11.8 Å². The van der Waals surface area contributed by atoms with Gasteiger partial charge in [-0.15, -0.1) is 0 Å². The highest BCUT2D eigenvalue weighted by atomic mass is 19.4. The van der Waals surface area contributed by atoms with Gasteiger partial charge in [0.25, 0.3) is 0 Å². The van der Waals surface area contributed by atoms with Crippen molar-refractivity contribution in [1.82, 2.24) is 14.9 Å². The fraction of sp³-hybridized carbons (Fsp3) is 0.667. The number of anilines is 1. The Morgan fingerprint density at radius 1 is 1.35 bits per heavy atom. The van der Waals surface area contributed by atoms with Crippen LogP contribution in [0, 0.1) is 12.8 Å². The summed E-state index contributed by atoms with van der Waals surface area (Å²) in [6, 6.07) is 1.71. The molecule has 20 heavy (non-hydrogen) atoms. The van der Waals surface area contributed by atoms with E-state index < -0.39 is 12.1 Å². The number of nitrogens with two attached hydrogens (primary N) is 1. The van der Waals surface area contributed by atoms with Crippen LogP contribution in [0.1, 0.15) is 24.4 Å². The molecule has 1 aromatic heterocycles. The van der Waals surface area contributed by atoms with Crippen LogP contribution in [0.3, 0.4) is 0 Å². The van der Waals surface area contributed by atoms with Gasteiger partial charge in [-0.1, -0.05) is 0 Å². The lowest BCUT2D eigenvalue weighted by Crippen LogP contribution is -2.38. The van der Waals surface area contributed by atoms with Crippen LogP contribution in [0.2, 0.25) is 0 Å². The quantitative estimate of drug-likeness (QED) is 0.656. The van der Waals surface area contributed by atoms with E-state index in [1.807, 2.05) is 11.8 Å². The molecule has 2 heterocycles. The molecule has 3 N–H and O–H groups in total. The smallest absolute Gasteiger partial charge is 0.308 e. The van der Waals surface area contributed by atoms with E-state index in [4.69, 9.17) is 5.84 Å². The zero-order valence-corrected chi connectivity index (χ0v) is 11.2. The summed E-state index contributed by atoms with van der Waals surface area (Å²) in [6.07, 6.45) is -3.81. The fourth-order valence-electron chi connectivity index (χ4n) is 2.39. The summed E-state index contributed by atoms with van der Waals surface area (Å²) in [4.78, 5) is 10.4. The molecule has 0 aliphatic carbocycles. The second-order valence-corrected chi connectivity index (χ2v) is 5.05. The standard InChI is InChI=1S/C12H18F3N5/c1-8-6-10(19-16)18-11(17-8)7-20-4-2-9(3-5-20)12(13,14)15/h6,9H,2-5,7,16H2,1H3,(H,17,18,19). The van der Waals surface area contributed by atoms with Crippen LogP contribution >= 0.6 is 0 Å². The molecular formula is C12H18F3N5. The van der Waals surface area contributed by atoms with Gasteiger partial charge in [0.1, 0.15) is 11.6 Å². The third kappa shape index (κ3) is 3.80. The van der Waals surface area contributed by atoms with Crippen molar-refractivity contribution in [1.29, 1.82) is 0 Å². The largest absolute Gasteiger partial charge is 0.391 e. The van der Waals surface area contributed by atoms with Gasteiger partial charge < -0.3 is 5.43 Å². The van der Waals surface area contributed by atoms with E-state index in [1.54, 1.807) is 6.07 Å². The van der Waals surface area contributed by atoms with Gasteiger partial charge in [-0.05, 0) is 32.9 Å². The number of hydrogen-bond donors (Lipinski definition) is 2. The first-order chi connectivity index (χ1) is 9.38. The zero-order chi connectivity index (χ0) is 14.8. The maximum atomic E-state index is 12.6. The van der Waals surface area contributed by atoms with Gasteiger partial charge in [0.2, 0.25) is 0 Å². The molecule has 1 aromatic rings. The molecule has 112 valence electrons. The van der Waals surface area contributed by atoms with Crippen LogP contribution in [0.25, 0.3) is 0 Å². The van der Waals surface area contributed by atoms with Crippen molar-refractivity contribution >= 4 is 5.82 Å². The molecule has 1 aliphatic heterocycles. The summed E-state index contributed by atoms with van der Waals surface area (Å²) in [7, 11) is 0. The lowest BCUT2D eigenvalue weighted by molar-refractivity contribution is -0.185. The molecule has 0 atom stereocenters. The van der Waals surface area contributed by atoms with Crippen molar-refractivity contribution in [3.63, 3.8) is 0 Å². The molecular weight excluding hydrogens is 271 g/mol. The number of nitrogen functional groups attached to an aromatic ring is 1. The van der Waals surface area contributed by atoms with Gasteiger partial charge in [0.15, 0.2) is 0 Å². The van der Waals surface area contributed by atoms with Crippen LogP contribution in [0.5, 0.6) is 0 Å². The highest BCUT2D eigenvalue weighted by Crippen LogP contribution is 2.34. The number of hydrogen-bond acceptors (Lipinski definition) is 5. The number of alkyl halides is 3. The van der Waals surface area contributed by atoms with Crippen molar-refractivity contribution in [2.45, 2.75) is 32.5 Å². The summed E-state index contributed by atoms with van der Waals surface area (Å²) < 4.78 is 37.7. The van der Waals surface area contributed by atoms with E-state index in [0.29, 0.717) is 31.3 Å². The summed E-state index contributed by atoms with van der Waals surface area (Å²) in [5.74, 6) is 5.21. The van der Waals surface area contributed by atoms with E-state index in [1.165, 1.54) is 0 Å². The topological polar surface area (TPSA) is 67.1 Å². The molecule has 1 saturated heterocycles. The van der Waals surface area contributed by atoms with Crippen molar-refractivity contribution in [2.75, 3.05) is 18.5 Å². The molecule has 0 unspecified atom stereocenters. The predicted molar refractivity (Wildman–Crippen MR) is 68.6 cm³/mol. The minimum atomic E-state index is -4.08. The van der Waals surface area contributed by atoms with Crippen LogP contribution in [-0.4, -0.2) is 34.1 Å². The molecule has 0 amide bonds. The molecule has 0 aromatic carbocycles. The molecule has 1 aliphatic rings. The lowest BCUT2D eigenvalue weighted by Gasteiger charge is -2.32. The first-order valence-corrected chi connectivity index (χ1v) is 6.48. The SMILES string of the molecule is Cc1cc(NN)nc(CN2CCC(C(F)(F)F)CC2)n1. The Morgan fingerprint density at radius 3 is 2.55 bits per heavy atom. The number of rotatable bonds is 3. The van der Waals surface area contributed by atoms with E-state index in [-0.39, 0.29) is 12.8 Å². The molecule has 0 bridgehead atoms. The van der Waals surface area contributed by atoms with E-state index in [0.717, 1.165) is 5.69 Å². The summed E-state index contributed by atoms with van der Waals surface area (Å²) >= 11 is 0. The molecule has 5 nitrogen and oxygen atoms in total. The average molecular weight is 289 g/mol. The normalized spacial score (nSPS) is 18.2. The maximum Gasteiger partial charge on any atom is 0.391 e. The minimum absolute atomic E-state index is 0.136. The Bertz CT molecular complexity index is 455. The lowest BCUT2D eigenvalue weighted by atomic mass is 9.96. The Kier molecular flexibility index (Phi) is 4.44. The number of likely N-dealkylation sites (tertiary alicyclic amines) is 1. The van der Waals surface area contributed by atoms with Crippen molar-refractivity contribution in [3.8, 4) is 0 Å². The van der Waals surface area contributed by atoms with E-state index >= 15 is 0 Å². The third-order valence-electron chi connectivity index (χ3n) is 3.46. The number of hydrazine groups is 1. The molecule has 0 radical (unpaired) electrons. The van der Waals surface area contributed by atoms with Gasteiger partial charge in [-0.3, -0.25) is 4.90 Å². The van der Waals surface area contributed by atoms with E-state index in [2.05, 4.69) is 15.4 Å². The summed E-state index contributed by atoms with van der Waals surface area (Å²) in [5.41, 5.74) is 3.23. The number of aromatic nitrogens is 2. The van der Waals surface area contributed by atoms with Crippen LogP contribution < -0.4 is 11.3 Å². The Hall–Kier alpha value is -1.41. The number of piperidine rings is 1. The van der Waals surface area contributed by atoms with Gasteiger partial charge in [-0.25, -0.2) is 15.8 Å². The van der Waals surface area contributed by atoms with E-state index in [9.17, 15) is 13.2 Å². The minimum Gasteiger partial charge on any atom is -0.308 e. The second-order valence-electron chi connectivity index (χ2n) is 5.05. The average Bonchev–Trinajstić information content (AvgIpc) is 2.37. The molecule has 2 rings (SSSR count). The monoisotopic (exact) mass is 289 g/mol. The molecule has 0 saturated carbocycles. The second kappa shape index (κ2) is 5.92. The number of halogens is 3. The van der Waals surface area contributed by atoms with Gasteiger partial charge >= 0.3 is 6.18 Å². The number of aryl methyl sites for hydroxylation is 1. The fourth-order valence-corrected chi connectivity index (χ4v) is 2.39. The summed E-state index contributed by atoms with van der Waals surface area (Å²) in [6.45, 7) is 3.09. The first kappa shape index (κ1) is 15.0. The van der Waals surface area contributed by atoms with Crippen LogP contribution in [0.15, 0.2) is 6.07 Å². The van der Waals surface area contributed by atoms with Gasteiger partial charge in [0.05, 0.1) is 12.5 Å². The predicted octanol–water partition coefficient (Wildman–Crippen LogP) is 1.84. The molecule has 0 spiro atoms. The Morgan fingerprint density at radius 2 is 2.00 bits per heavy atom. The Labute approximate surface area is 115 Å². The first-order valence-electron chi connectivity index (χ1n) is 6.48. The highest BCUT2D eigenvalue weighted by Gasteiger charge is 2.41. The molecule has 8 heteroatoms. The van der Waals surface area contributed by atoms with Crippen LogP contribution in [0.4, 0.5) is 19.0 Å². The van der Waals surface area contributed by atoms with Gasteiger partial charge in [0, 0.05) is 11.8 Å². The summed E-state index contributed by atoms with van der Waals surface area (Å²) in [5, 5.41) is 0. The van der Waals surface area contributed by atoms with Crippen LogP contribution in [-0.2, 0) is 6.54 Å². The maximum absolute atomic E-state index is 12.6.